The first kappa shape index (κ1) is 20.0. The van der Waals surface area contributed by atoms with Gasteiger partial charge in [-0.2, -0.15) is 0 Å². The molecule has 1 fully saturated rings. The van der Waals surface area contributed by atoms with Crippen LogP contribution in [-0.4, -0.2) is 63.2 Å². The first-order valence-corrected chi connectivity index (χ1v) is 9.13. The molecule has 0 aliphatic carbocycles. The summed E-state index contributed by atoms with van der Waals surface area (Å²) >= 11 is 0. The van der Waals surface area contributed by atoms with Gasteiger partial charge in [0.25, 0.3) is 5.91 Å². The van der Waals surface area contributed by atoms with Crippen molar-refractivity contribution in [3.05, 3.63) is 23.8 Å². The normalized spacial score (nSPS) is 16.4. The van der Waals surface area contributed by atoms with Gasteiger partial charge in [-0.15, -0.1) is 0 Å². The fourth-order valence-corrected chi connectivity index (χ4v) is 3.11. The monoisotopic (exact) mass is 363 g/mol. The third-order valence-electron chi connectivity index (χ3n) is 4.48. The van der Waals surface area contributed by atoms with E-state index in [0.717, 1.165) is 25.9 Å². The van der Waals surface area contributed by atoms with Gasteiger partial charge in [0.15, 0.2) is 0 Å². The third kappa shape index (κ3) is 4.88. The van der Waals surface area contributed by atoms with E-state index in [0.29, 0.717) is 36.6 Å². The van der Waals surface area contributed by atoms with E-state index >= 15 is 0 Å². The summed E-state index contributed by atoms with van der Waals surface area (Å²) in [4.78, 5) is 27.1. The van der Waals surface area contributed by atoms with Crippen molar-refractivity contribution in [2.24, 2.45) is 0 Å². The average Bonchev–Trinajstić information content (AvgIpc) is 3.16. The number of carbonyl (C=O) groups excluding carboxylic acids is 2. The highest BCUT2D eigenvalue weighted by Crippen LogP contribution is 2.28. The van der Waals surface area contributed by atoms with E-state index in [2.05, 4.69) is 17.6 Å². The fraction of sp³-hybridized carbons (Fsp3) is 0.579. The van der Waals surface area contributed by atoms with Crippen LogP contribution in [-0.2, 0) is 4.79 Å². The molecule has 1 aromatic carbocycles. The van der Waals surface area contributed by atoms with Gasteiger partial charge in [0.05, 0.1) is 19.8 Å². The highest BCUT2D eigenvalue weighted by molar-refractivity contribution is 6.00. The van der Waals surface area contributed by atoms with Crippen LogP contribution in [0.15, 0.2) is 18.2 Å². The van der Waals surface area contributed by atoms with Crippen molar-refractivity contribution >= 4 is 11.8 Å². The molecule has 0 saturated carbocycles. The summed E-state index contributed by atoms with van der Waals surface area (Å²) in [5.74, 6) is 0.783. The Morgan fingerprint density at radius 1 is 1.19 bits per heavy atom. The van der Waals surface area contributed by atoms with Gasteiger partial charge in [-0.25, -0.2) is 0 Å². The minimum Gasteiger partial charge on any atom is -0.497 e. The minimum atomic E-state index is -0.430. The Bertz CT molecular complexity index is 621. The van der Waals surface area contributed by atoms with E-state index < -0.39 is 6.04 Å². The Hall–Kier alpha value is -2.28. The maximum Gasteiger partial charge on any atom is 0.258 e. The summed E-state index contributed by atoms with van der Waals surface area (Å²) in [6, 6.07) is 4.65. The predicted octanol–water partition coefficient (Wildman–Crippen LogP) is 1.42. The number of carbonyl (C=O) groups is 2. The molecule has 0 spiro atoms. The molecule has 2 rings (SSSR count). The Morgan fingerprint density at radius 3 is 2.69 bits per heavy atom. The molecule has 26 heavy (non-hydrogen) atoms. The van der Waals surface area contributed by atoms with Gasteiger partial charge in [0.1, 0.15) is 17.5 Å². The highest BCUT2D eigenvalue weighted by atomic mass is 16.5. The molecule has 0 bridgehead atoms. The second-order valence-corrected chi connectivity index (χ2v) is 6.26. The molecule has 1 saturated heterocycles. The summed E-state index contributed by atoms with van der Waals surface area (Å²) in [6.07, 6.45) is 2.55. The Morgan fingerprint density at radius 2 is 2.00 bits per heavy atom. The minimum absolute atomic E-state index is 0.0957. The summed E-state index contributed by atoms with van der Waals surface area (Å²) in [5, 5.41) is 6.16. The molecule has 7 heteroatoms. The second-order valence-electron chi connectivity index (χ2n) is 6.26. The quantitative estimate of drug-likeness (QED) is 0.649. The van der Waals surface area contributed by atoms with Crippen LogP contribution in [0.4, 0.5) is 0 Å². The molecule has 0 aromatic heterocycles. The summed E-state index contributed by atoms with van der Waals surface area (Å²) in [5.41, 5.74) is 0.442. The molecular formula is C19H29N3O4. The number of likely N-dealkylation sites (tertiary alicyclic amines) is 1. The van der Waals surface area contributed by atoms with Gasteiger partial charge < -0.3 is 25.0 Å². The lowest BCUT2D eigenvalue weighted by molar-refractivity contribution is -0.124. The van der Waals surface area contributed by atoms with Gasteiger partial charge in [0.2, 0.25) is 5.91 Å². The zero-order valence-electron chi connectivity index (χ0n) is 15.8. The van der Waals surface area contributed by atoms with Crippen LogP contribution < -0.4 is 20.1 Å². The van der Waals surface area contributed by atoms with E-state index in [9.17, 15) is 9.59 Å². The van der Waals surface area contributed by atoms with E-state index in [1.54, 1.807) is 30.2 Å². The van der Waals surface area contributed by atoms with Crippen LogP contribution in [0.2, 0.25) is 0 Å². The third-order valence-corrected chi connectivity index (χ3v) is 4.48. The van der Waals surface area contributed by atoms with Gasteiger partial charge in [-0.05, 0) is 37.9 Å². The van der Waals surface area contributed by atoms with Crippen molar-refractivity contribution in [1.29, 1.82) is 0 Å². The van der Waals surface area contributed by atoms with E-state index in [4.69, 9.17) is 9.47 Å². The number of amides is 2. The molecule has 1 unspecified atom stereocenters. The number of ether oxygens (including phenoxy) is 2. The molecule has 7 nitrogen and oxygen atoms in total. The van der Waals surface area contributed by atoms with Crippen molar-refractivity contribution in [3.63, 3.8) is 0 Å². The number of methoxy groups -OCH3 is 2. The van der Waals surface area contributed by atoms with Crippen molar-refractivity contribution in [1.82, 2.24) is 15.5 Å². The molecule has 1 aliphatic heterocycles. The molecule has 1 aromatic rings. The van der Waals surface area contributed by atoms with E-state index in [1.165, 1.54) is 7.11 Å². The van der Waals surface area contributed by atoms with Gasteiger partial charge in [-0.3, -0.25) is 9.59 Å². The van der Waals surface area contributed by atoms with Gasteiger partial charge >= 0.3 is 0 Å². The molecule has 2 amide bonds. The molecule has 1 atom stereocenters. The largest absolute Gasteiger partial charge is 0.497 e. The first-order chi connectivity index (χ1) is 12.6. The summed E-state index contributed by atoms with van der Waals surface area (Å²) < 4.78 is 10.5. The van der Waals surface area contributed by atoms with Crippen LogP contribution in [0.1, 0.15) is 36.5 Å². The zero-order chi connectivity index (χ0) is 18.9. The number of nitrogens with zero attached hydrogens (tertiary/aromatic N) is 1. The number of hydrogen-bond acceptors (Lipinski definition) is 5. The van der Waals surface area contributed by atoms with Crippen molar-refractivity contribution in [2.45, 2.75) is 32.2 Å². The molecule has 0 radical (unpaired) electrons. The summed E-state index contributed by atoms with van der Waals surface area (Å²) in [6.45, 7) is 4.89. The van der Waals surface area contributed by atoms with Crippen molar-refractivity contribution in [3.8, 4) is 11.5 Å². The van der Waals surface area contributed by atoms with Crippen molar-refractivity contribution < 1.29 is 19.1 Å². The fourth-order valence-electron chi connectivity index (χ4n) is 3.11. The highest BCUT2D eigenvalue weighted by Gasteiger charge is 2.35. The van der Waals surface area contributed by atoms with E-state index in [-0.39, 0.29) is 11.8 Å². The topological polar surface area (TPSA) is 79.9 Å². The molecule has 1 aliphatic rings. The second kappa shape index (κ2) is 10.0. The number of benzene rings is 1. The SMILES string of the molecule is CCCNCCNC(=O)C1CCCN1C(=O)c1ccc(OC)cc1OC. The van der Waals surface area contributed by atoms with Crippen LogP contribution in [0.25, 0.3) is 0 Å². The maximum atomic E-state index is 13.0. The number of hydrogen-bond donors (Lipinski definition) is 2. The van der Waals surface area contributed by atoms with Crippen molar-refractivity contribution in [2.75, 3.05) is 40.4 Å². The predicted molar refractivity (Wildman–Crippen MR) is 99.8 cm³/mol. The smallest absolute Gasteiger partial charge is 0.258 e. The Labute approximate surface area is 155 Å². The standard InChI is InChI=1S/C19H29N3O4/c1-4-9-20-10-11-21-18(23)16-6-5-12-22(16)19(24)15-8-7-14(25-2)13-17(15)26-3/h7-8,13,16,20H,4-6,9-12H2,1-3H3,(H,21,23). The van der Waals surface area contributed by atoms with Gasteiger partial charge in [-0.1, -0.05) is 6.92 Å². The lowest BCUT2D eigenvalue weighted by atomic mass is 10.1. The molecular weight excluding hydrogens is 334 g/mol. The number of nitrogens with one attached hydrogen (secondary N) is 2. The molecule has 144 valence electrons. The zero-order valence-corrected chi connectivity index (χ0v) is 15.8. The lowest BCUT2D eigenvalue weighted by Gasteiger charge is -2.25. The Balaban J connectivity index is 2.02. The Kier molecular flexibility index (Phi) is 7.72. The molecule has 2 N–H and O–H groups in total. The van der Waals surface area contributed by atoms with Crippen LogP contribution in [0, 0.1) is 0 Å². The average molecular weight is 363 g/mol. The maximum absolute atomic E-state index is 13.0. The lowest BCUT2D eigenvalue weighted by Crippen LogP contribution is -2.47. The van der Waals surface area contributed by atoms with Crippen LogP contribution in [0.5, 0.6) is 11.5 Å². The number of rotatable bonds is 9. The van der Waals surface area contributed by atoms with Crippen LogP contribution >= 0.6 is 0 Å². The van der Waals surface area contributed by atoms with Crippen LogP contribution in [0.3, 0.4) is 0 Å². The first-order valence-electron chi connectivity index (χ1n) is 9.13. The summed E-state index contributed by atoms with van der Waals surface area (Å²) in [7, 11) is 3.08. The van der Waals surface area contributed by atoms with E-state index in [1.807, 2.05) is 0 Å². The van der Waals surface area contributed by atoms with Gasteiger partial charge in [0, 0.05) is 25.7 Å². The molecule has 1 heterocycles.